The van der Waals surface area contributed by atoms with Crippen LogP contribution in [0.15, 0.2) is 0 Å². The Labute approximate surface area is 96.6 Å². The summed E-state index contributed by atoms with van der Waals surface area (Å²) < 4.78 is 0. The predicted molar refractivity (Wildman–Crippen MR) is 61.0 cm³/mol. The molecule has 0 aliphatic carbocycles. The lowest BCUT2D eigenvalue weighted by molar-refractivity contribution is -0.158. The fraction of sp³-hybridized carbons (Fsp3) is 0.833. The molecule has 0 radical (unpaired) electrons. The molecule has 1 fully saturated rings. The smallest absolute Gasteiger partial charge is 0.326 e. The highest BCUT2D eigenvalue weighted by atomic mass is 16.4. The van der Waals surface area contributed by atoms with Gasteiger partial charge in [0.2, 0.25) is 5.91 Å². The summed E-state index contributed by atoms with van der Waals surface area (Å²) in [6.07, 6.45) is 1.78. The van der Waals surface area contributed by atoms with Crippen molar-refractivity contribution in [2.75, 3.05) is 6.54 Å². The van der Waals surface area contributed by atoms with E-state index in [1.54, 1.807) is 0 Å². The van der Waals surface area contributed by atoms with Crippen molar-refractivity contribution in [1.29, 1.82) is 0 Å². The summed E-state index contributed by atoms with van der Waals surface area (Å²) in [7, 11) is 0. The monoisotopic (exact) mass is 227 g/mol. The van der Waals surface area contributed by atoms with Crippen LogP contribution in [-0.2, 0) is 9.59 Å². The van der Waals surface area contributed by atoms with Crippen LogP contribution in [0.3, 0.4) is 0 Å². The number of nitrogens with zero attached hydrogens (tertiary/aromatic N) is 1. The van der Waals surface area contributed by atoms with Crippen LogP contribution in [-0.4, -0.2) is 34.5 Å². The number of hydrogen-bond donors (Lipinski definition) is 1. The predicted octanol–water partition coefficient (Wildman–Crippen LogP) is 1.74. The van der Waals surface area contributed by atoms with Gasteiger partial charge in [0.05, 0.1) is 0 Å². The molecule has 4 heteroatoms. The molecule has 92 valence electrons. The van der Waals surface area contributed by atoms with Gasteiger partial charge in [-0.15, -0.1) is 0 Å². The lowest BCUT2D eigenvalue weighted by Gasteiger charge is -2.40. The molecule has 0 saturated carbocycles. The highest BCUT2D eigenvalue weighted by Crippen LogP contribution is 2.28. The number of carboxylic acid groups (broad SMARTS) is 1. The summed E-state index contributed by atoms with van der Waals surface area (Å²) in [5.74, 6) is -0.909. The van der Waals surface area contributed by atoms with E-state index in [1.165, 1.54) is 4.90 Å². The molecule has 0 aromatic heterocycles. The Morgan fingerprint density at radius 1 is 1.31 bits per heavy atom. The second-order valence-electron chi connectivity index (χ2n) is 5.65. The molecule has 0 spiro atoms. The summed E-state index contributed by atoms with van der Waals surface area (Å²) in [5, 5.41) is 9.20. The SMILES string of the molecule is CC1CCCN(C(=O)C(C)(C)C)C1C(=O)O. The zero-order valence-corrected chi connectivity index (χ0v) is 10.5. The highest BCUT2D eigenvalue weighted by molar-refractivity contribution is 5.87. The van der Waals surface area contributed by atoms with Crippen molar-refractivity contribution in [1.82, 2.24) is 4.90 Å². The molecular weight excluding hydrogens is 206 g/mol. The summed E-state index contributed by atoms with van der Waals surface area (Å²) >= 11 is 0. The van der Waals surface area contributed by atoms with Gasteiger partial charge in [-0.05, 0) is 18.8 Å². The molecular formula is C12H21NO3. The van der Waals surface area contributed by atoms with Crippen LogP contribution in [0.4, 0.5) is 0 Å². The van der Waals surface area contributed by atoms with E-state index in [9.17, 15) is 14.7 Å². The largest absolute Gasteiger partial charge is 0.480 e. The Balaban J connectivity index is 2.92. The van der Waals surface area contributed by atoms with Crippen molar-refractivity contribution < 1.29 is 14.7 Å². The van der Waals surface area contributed by atoms with Gasteiger partial charge in [0.1, 0.15) is 6.04 Å². The number of carboxylic acids is 1. The van der Waals surface area contributed by atoms with Crippen molar-refractivity contribution in [2.45, 2.75) is 46.6 Å². The zero-order chi connectivity index (χ0) is 12.5. The molecule has 0 bridgehead atoms. The molecule has 2 unspecified atom stereocenters. The average molecular weight is 227 g/mol. The minimum Gasteiger partial charge on any atom is -0.480 e. The van der Waals surface area contributed by atoms with Gasteiger partial charge in [-0.25, -0.2) is 4.79 Å². The van der Waals surface area contributed by atoms with Crippen LogP contribution in [0.5, 0.6) is 0 Å². The van der Waals surface area contributed by atoms with Crippen LogP contribution in [0.25, 0.3) is 0 Å². The first-order valence-corrected chi connectivity index (χ1v) is 5.79. The molecule has 1 aliphatic rings. The van der Waals surface area contributed by atoms with E-state index < -0.39 is 17.4 Å². The third-order valence-corrected chi connectivity index (χ3v) is 3.09. The van der Waals surface area contributed by atoms with Crippen LogP contribution in [0, 0.1) is 11.3 Å². The molecule has 0 aromatic rings. The third-order valence-electron chi connectivity index (χ3n) is 3.09. The topological polar surface area (TPSA) is 57.6 Å². The summed E-state index contributed by atoms with van der Waals surface area (Å²) in [6.45, 7) is 7.95. The van der Waals surface area contributed by atoms with Crippen LogP contribution >= 0.6 is 0 Å². The first-order chi connectivity index (χ1) is 7.25. The number of amides is 1. The molecule has 1 saturated heterocycles. The molecule has 16 heavy (non-hydrogen) atoms. The molecule has 4 nitrogen and oxygen atoms in total. The fourth-order valence-corrected chi connectivity index (χ4v) is 2.22. The minimum atomic E-state index is -0.884. The normalized spacial score (nSPS) is 26.6. The number of carbonyl (C=O) groups excluding carboxylic acids is 1. The Morgan fingerprint density at radius 2 is 1.88 bits per heavy atom. The highest BCUT2D eigenvalue weighted by Gasteiger charge is 2.40. The van der Waals surface area contributed by atoms with E-state index in [0.717, 1.165) is 12.8 Å². The number of carbonyl (C=O) groups is 2. The fourth-order valence-electron chi connectivity index (χ4n) is 2.22. The van der Waals surface area contributed by atoms with Crippen molar-refractivity contribution in [3.63, 3.8) is 0 Å². The van der Waals surface area contributed by atoms with Gasteiger partial charge in [0.15, 0.2) is 0 Å². The van der Waals surface area contributed by atoms with E-state index in [-0.39, 0.29) is 11.8 Å². The first-order valence-electron chi connectivity index (χ1n) is 5.79. The number of piperidine rings is 1. The lowest BCUT2D eigenvalue weighted by atomic mass is 9.87. The summed E-state index contributed by atoms with van der Waals surface area (Å²) in [4.78, 5) is 24.9. The van der Waals surface area contributed by atoms with Crippen molar-refractivity contribution in [2.24, 2.45) is 11.3 Å². The third kappa shape index (κ3) is 2.54. The van der Waals surface area contributed by atoms with E-state index >= 15 is 0 Å². The van der Waals surface area contributed by atoms with Crippen molar-refractivity contribution >= 4 is 11.9 Å². The molecule has 1 heterocycles. The Morgan fingerprint density at radius 3 is 2.31 bits per heavy atom. The van der Waals surface area contributed by atoms with E-state index in [2.05, 4.69) is 0 Å². The minimum absolute atomic E-state index is 0.0394. The number of likely N-dealkylation sites (tertiary alicyclic amines) is 1. The van der Waals surface area contributed by atoms with Crippen LogP contribution in [0.1, 0.15) is 40.5 Å². The Kier molecular flexibility index (Phi) is 3.61. The van der Waals surface area contributed by atoms with Gasteiger partial charge in [-0.2, -0.15) is 0 Å². The van der Waals surface area contributed by atoms with Gasteiger partial charge in [-0.3, -0.25) is 4.79 Å². The summed E-state index contributed by atoms with van der Waals surface area (Å²) in [6, 6.07) is -0.652. The maximum absolute atomic E-state index is 12.1. The first kappa shape index (κ1) is 13.0. The van der Waals surface area contributed by atoms with Gasteiger partial charge in [-0.1, -0.05) is 27.7 Å². The quantitative estimate of drug-likeness (QED) is 0.742. The Hall–Kier alpha value is -1.06. The van der Waals surface area contributed by atoms with Gasteiger partial charge >= 0.3 is 5.97 Å². The zero-order valence-electron chi connectivity index (χ0n) is 10.5. The number of hydrogen-bond acceptors (Lipinski definition) is 2. The van der Waals surface area contributed by atoms with Crippen molar-refractivity contribution in [3.8, 4) is 0 Å². The van der Waals surface area contributed by atoms with Gasteiger partial charge in [0.25, 0.3) is 0 Å². The second-order valence-corrected chi connectivity index (χ2v) is 5.65. The standard InChI is InChI=1S/C12H21NO3/c1-8-6-5-7-13(9(8)10(14)15)11(16)12(2,3)4/h8-9H,5-7H2,1-4H3,(H,14,15). The van der Waals surface area contributed by atoms with Gasteiger partial charge in [0, 0.05) is 12.0 Å². The molecule has 1 aliphatic heterocycles. The second kappa shape index (κ2) is 4.44. The van der Waals surface area contributed by atoms with Crippen LogP contribution in [0.2, 0.25) is 0 Å². The molecule has 1 N–H and O–H groups in total. The van der Waals surface area contributed by atoms with Gasteiger partial charge < -0.3 is 10.0 Å². The molecule has 0 aromatic carbocycles. The maximum Gasteiger partial charge on any atom is 0.326 e. The van der Waals surface area contributed by atoms with E-state index in [4.69, 9.17) is 0 Å². The number of aliphatic carboxylic acids is 1. The van der Waals surface area contributed by atoms with E-state index in [1.807, 2.05) is 27.7 Å². The maximum atomic E-state index is 12.1. The Bertz CT molecular complexity index is 293. The van der Waals surface area contributed by atoms with E-state index in [0.29, 0.717) is 6.54 Å². The summed E-state index contributed by atoms with van der Waals surface area (Å²) in [5.41, 5.74) is -0.509. The molecule has 1 rings (SSSR count). The number of rotatable bonds is 1. The van der Waals surface area contributed by atoms with Crippen molar-refractivity contribution in [3.05, 3.63) is 0 Å². The lowest BCUT2D eigenvalue weighted by Crippen LogP contribution is -2.54. The van der Waals surface area contributed by atoms with Crippen LogP contribution < -0.4 is 0 Å². The molecule has 1 amide bonds. The molecule has 2 atom stereocenters. The average Bonchev–Trinajstić information content (AvgIpc) is 2.14.